The fraction of sp³-hybridized carbons (Fsp3) is 0.393. The molecule has 0 radical (unpaired) electrons. The summed E-state index contributed by atoms with van der Waals surface area (Å²) in [5.74, 6) is 2.05. The second-order valence-corrected chi connectivity index (χ2v) is 10.2. The molecule has 0 bridgehead atoms. The van der Waals surface area contributed by atoms with Gasteiger partial charge in [-0.05, 0) is 56.7 Å². The van der Waals surface area contributed by atoms with Crippen molar-refractivity contribution < 1.29 is 14.3 Å². The molecule has 5 nitrogen and oxygen atoms in total. The van der Waals surface area contributed by atoms with Gasteiger partial charge < -0.3 is 9.47 Å². The van der Waals surface area contributed by atoms with Gasteiger partial charge in [-0.25, -0.2) is 14.8 Å². The van der Waals surface area contributed by atoms with Gasteiger partial charge in [-0.2, -0.15) is 0 Å². The minimum Gasteiger partial charge on any atom is -0.487 e. The lowest BCUT2D eigenvalue weighted by Gasteiger charge is -2.49. The van der Waals surface area contributed by atoms with E-state index in [0.29, 0.717) is 28.8 Å². The number of carbonyl (C=O) groups excluding carboxylic acids is 1. The van der Waals surface area contributed by atoms with E-state index in [2.05, 4.69) is 39.0 Å². The monoisotopic (exact) mass is 440 g/mol. The van der Waals surface area contributed by atoms with Crippen LogP contribution in [0.15, 0.2) is 42.5 Å². The number of fused-ring (bicyclic) bond motifs is 9. The Balaban J connectivity index is 1.72. The van der Waals surface area contributed by atoms with Crippen molar-refractivity contribution in [3.8, 4) is 5.75 Å². The number of hydrogen-bond acceptors (Lipinski definition) is 5. The molecule has 1 aliphatic heterocycles. The molecule has 0 N–H and O–H groups in total. The van der Waals surface area contributed by atoms with Gasteiger partial charge in [-0.1, -0.05) is 37.6 Å². The first-order chi connectivity index (χ1) is 15.9. The molecule has 168 valence electrons. The summed E-state index contributed by atoms with van der Waals surface area (Å²) in [7, 11) is 1.39. The summed E-state index contributed by atoms with van der Waals surface area (Å²) in [6.45, 7) is 6.82. The first-order valence-electron chi connectivity index (χ1n) is 11.8. The number of aromatic nitrogens is 2. The summed E-state index contributed by atoms with van der Waals surface area (Å²) in [4.78, 5) is 22.3. The number of methoxy groups -OCH3 is 1. The van der Waals surface area contributed by atoms with Gasteiger partial charge in [0.25, 0.3) is 0 Å². The second kappa shape index (κ2) is 7.14. The van der Waals surface area contributed by atoms with E-state index in [1.165, 1.54) is 19.1 Å². The topological polar surface area (TPSA) is 61.3 Å². The van der Waals surface area contributed by atoms with Crippen LogP contribution in [0.2, 0.25) is 0 Å². The Morgan fingerprint density at radius 1 is 1.03 bits per heavy atom. The molecule has 2 heterocycles. The minimum atomic E-state index is -0.370. The van der Waals surface area contributed by atoms with Crippen molar-refractivity contribution >= 4 is 38.8 Å². The molecule has 0 spiro atoms. The van der Waals surface area contributed by atoms with Crippen LogP contribution in [0.3, 0.4) is 0 Å². The molecule has 5 heteroatoms. The van der Waals surface area contributed by atoms with Crippen molar-refractivity contribution in [1.82, 2.24) is 9.97 Å². The Kier molecular flexibility index (Phi) is 4.42. The van der Waals surface area contributed by atoms with Crippen LogP contribution >= 0.6 is 0 Å². The lowest BCUT2D eigenvalue weighted by molar-refractivity contribution is -0.0115. The van der Waals surface area contributed by atoms with E-state index in [9.17, 15) is 4.79 Å². The van der Waals surface area contributed by atoms with E-state index in [4.69, 9.17) is 19.4 Å². The van der Waals surface area contributed by atoms with Gasteiger partial charge in [0.05, 0.1) is 34.7 Å². The molecule has 1 saturated carbocycles. The van der Waals surface area contributed by atoms with Gasteiger partial charge in [0.1, 0.15) is 11.4 Å². The molecule has 2 aliphatic rings. The number of benzene rings is 3. The molecule has 33 heavy (non-hydrogen) atoms. The van der Waals surface area contributed by atoms with Crippen molar-refractivity contribution in [2.24, 2.45) is 11.8 Å². The van der Waals surface area contributed by atoms with Gasteiger partial charge in [0, 0.05) is 22.3 Å². The number of carbonyl (C=O) groups is 1. The van der Waals surface area contributed by atoms with Gasteiger partial charge in [0.15, 0.2) is 0 Å². The third-order valence-electron chi connectivity index (χ3n) is 7.75. The van der Waals surface area contributed by atoms with E-state index in [-0.39, 0.29) is 11.6 Å². The number of rotatable bonds is 1. The van der Waals surface area contributed by atoms with Crippen LogP contribution in [-0.2, 0) is 4.74 Å². The van der Waals surface area contributed by atoms with Crippen LogP contribution < -0.4 is 4.74 Å². The molecular weight excluding hydrogens is 412 g/mol. The molecule has 0 saturated heterocycles. The lowest BCUT2D eigenvalue weighted by Crippen LogP contribution is -2.46. The van der Waals surface area contributed by atoms with Crippen LogP contribution in [0, 0.1) is 11.8 Å². The highest BCUT2D eigenvalue weighted by atomic mass is 16.5. The molecule has 1 aliphatic carbocycles. The molecule has 1 aromatic heterocycles. The van der Waals surface area contributed by atoms with Gasteiger partial charge >= 0.3 is 5.97 Å². The Hall–Kier alpha value is -3.21. The zero-order chi connectivity index (χ0) is 22.9. The second-order valence-electron chi connectivity index (χ2n) is 10.2. The molecule has 4 aromatic rings. The number of hydrogen-bond donors (Lipinski definition) is 0. The van der Waals surface area contributed by atoms with Crippen LogP contribution in [0.1, 0.15) is 61.9 Å². The van der Waals surface area contributed by atoms with E-state index >= 15 is 0 Å². The molecule has 0 unspecified atom stereocenters. The fourth-order valence-electron chi connectivity index (χ4n) is 6.14. The van der Waals surface area contributed by atoms with Crippen LogP contribution in [0.5, 0.6) is 5.75 Å². The van der Waals surface area contributed by atoms with Crippen LogP contribution in [0.4, 0.5) is 0 Å². The highest BCUT2D eigenvalue weighted by Crippen LogP contribution is 2.56. The summed E-state index contributed by atoms with van der Waals surface area (Å²) in [5, 5.41) is 2.15. The largest absolute Gasteiger partial charge is 0.487 e. The van der Waals surface area contributed by atoms with Crippen molar-refractivity contribution in [3.05, 3.63) is 53.6 Å². The van der Waals surface area contributed by atoms with Crippen LogP contribution in [0.25, 0.3) is 32.8 Å². The Morgan fingerprint density at radius 3 is 2.58 bits per heavy atom. The fourth-order valence-corrected chi connectivity index (χ4v) is 6.14. The number of ether oxygens (including phenoxy) is 2. The maximum atomic E-state index is 12.1. The van der Waals surface area contributed by atoms with Gasteiger partial charge in [0.2, 0.25) is 0 Å². The molecule has 3 aromatic carbocycles. The maximum absolute atomic E-state index is 12.1. The van der Waals surface area contributed by atoms with Crippen molar-refractivity contribution in [1.29, 1.82) is 0 Å². The summed E-state index contributed by atoms with van der Waals surface area (Å²) in [6.07, 6.45) is 3.51. The summed E-state index contributed by atoms with van der Waals surface area (Å²) >= 11 is 0. The Labute approximate surface area is 193 Å². The zero-order valence-corrected chi connectivity index (χ0v) is 19.5. The first kappa shape index (κ1) is 20.4. The Morgan fingerprint density at radius 2 is 1.79 bits per heavy atom. The summed E-state index contributed by atoms with van der Waals surface area (Å²) in [6, 6.07) is 13.7. The lowest BCUT2D eigenvalue weighted by atomic mass is 9.64. The molecule has 0 amide bonds. The average Bonchev–Trinajstić information content (AvgIpc) is 2.81. The van der Waals surface area contributed by atoms with Crippen molar-refractivity contribution in [2.75, 3.05) is 7.11 Å². The quantitative estimate of drug-likeness (QED) is 0.194. The van der Waals surface area contributed by atoms with Crippen LogP contribution in [-0.4, -0.2) is 28.6 Å². The Bertz CT molecular complexity index is 1440. The first-order valence-corrected chi connectivity index (χ1v) is 11.8. The predicted octanol–water partition coefficient (Wildman–Crippen LogP) is 6.41. The van der Waals surface area contributed by atoms with Crippen molar-refractivity contribution in [3.63, 3.8) is 0 Å². The number of esters is 1. The highest BCUT2D eigenvalue weighted by molar-refractivity contribution is 6.11. The minimum absolute atomic E-state index is 0.239. The standard InChI is InChI=1S/C28H28N2O3/c1-15-9-11-20-19(13-15)23-25-24(17-7-5-6-8-18(17)26(23)33-28(20,2)3)29-21-12-10-16(27(31)32-4)14-22(21)30-25/h5-8,10,12,14-15,19-20H,9,11,13H2,1-4H3/t15-,19-,20-/m0/s1. The maximum Gasteiger partial charge on any atom is 0.337 e. The van der Waals surface area contributed by atoms with Gasteiger partial charge in [-0.3, -0.25) is 0 Å². The van der Waals surface area contributed by atoms with E-state index in [1.54, 1.807) is 12.1 Å². The predicted molar refractivity (Wildman–Crippen MR) is 130 cm³/mol. The number of nitrogens with zero attached hydrogens (tertiary/aromatic N) is 2. The molecular formula is C28H28N2O3. The summed E-state index contributed by atoms with van der Waals surface area (Å²) < 4.78 is 11.7. The zero-order valence-electron chi connectivity index (χ0n) is 19.5. The highest BCUT2D eigenvalue weighted by Gasteiger charge is 2.47. The van der Waals surface area contributed by atoms with Gasteiger partial charge in [-0.15, -0.1) is 0 Å². The molecule has 3 atom stereocenters. The normalized spacial score (nSPS) is 23.7. The SMILES string of the molecule is COC(=O)c1ccc2nc3c(nc2c1)c1c(c2ccccc23)OC(C)(C)[C@H]2CC[C@H](C)C[C@H]12. The third kappa shape index (κ3) is 3.01. The third-order valence-corrected chi connectivity index (χ3v) is 7.75. The van der Waals surface area contributed by atoms with E-state index < -0.39 is 0 Å². The van der Waals surface area contributed by atoms with E-state index in [1.807, 2.05) is 12.1 Å². The smallest absolute Gasteiger partial charge is 0.337 e. The average molecular weight is 441 g/mol. The molecule has 1 fully saturated rings. The van der Waals surface area contributed by atoms with Crippen molar-refractivity contribution in [2.45, 2.75) is 51.6 Å². The summed E-state index contributed by atoms with van der Waals surface area (Å²) in [5.41, 5.74) is 4.71. The van der Waals surface area contributed by atoms with E-state index in [0.717, 1.165) is 45.9 Å². The molecule has 6 rings (SSSR count).